The van der Waals surface area contributed by atoms with Gasteiger partial charge in [-0.1, -0.05) is 0 Å². The van der Waals surface area contributed by atoms with Gasteiger partial charge in [-0.3, -0.25) is 0 Å². The minimum atomic E-state index is -0.676. The maximum Gasteiger partial charge on any atom is 0.147 e. The highest BCUT2D eigenvalue weighted by atomic mass is 16.5. The Labute approximate surface area is 117 Å². The third kappa shape index (κ3) is 3.56. The number of aromatic nitrogens is 3. The second kappa shape index (κ2) is 6.17. The van der Waals surface area contributed by atoms with Crippen LogP contribution in [0.3, 0.4) is 0 Å². The van der Waals surface area contributed by atoms with Crippen LogP contribution < -0.4 is 4.74 Å². The molecule has 1 heterocycles. The number of aliphatic hydroxyl groups is 1. The molecular formula is C14H16N4O2. The first-order valence-corrected chi connectivity index (χ1v) is 6.27. The summed E-state index contributed by atoms with van der Waals surface area (Å²) in [5.74, 6) is 2.07. The van der Waals surface area contributed by atoms with Crippen molar-refractivity contribution in [1.82, 2.24) is 14.8 Å². The van der Waals surface area contributed by atoms with Crippen molar-refractivity contribution in [3.8, 4) is 11.8 Å². The van der Waals surface area contributed by atoms with E-state index in [1.165, 1.54) is 0 Å². The van der Waals surface area contributed by atoms with Gasteiger partial charge in [0.2, 0.25) is 0 Å². The van der Waals surface area contributed by atoms with Crippen molar-refractivity contribution in [3.63, 3.8) is 0 Å². The Balaban J connectivity index is 1.87. The maximum absolute atomic E-state index is 9.93. The molecule has 0 amide bonds. The SMILES string of the molecule is Cc1nc(C)n(CC(O)COc2ccc(C#N)cc2)n1. The second-order valence-electron chi connectivity index (χ2n) is 4.49. The van der Waals surface area contributed by atoms with E-state index >= 15 is 0 Å². The maximum atomic E-state index is 9.93. The van der Waals surface area contributed by atoms with Gasteiger partial charge in [-0.05, 0) is 38.1 Å². The Morgan fingerprint density at radius 1 is 1.35 bits per heavy atom. The van der Waals surface area contributed by atoms with Crippen LogP contribution in [0.5, 0.6) is 5.75 Å². The molecule has 1 unspecified atom stereocenters. The topological polar surface area (TPSA) is 84.0 Å². The van der Waals surface area contributed by atoms with Crippen LogP contribution in [0.4, 0.5) is 0 Å². The van der Waals surface area contributed by atoms with E-state index < -0.39 is 6.10 Å². The number of ether oxygens (including phenoxy) is 1. The predicted octanol–water partition coefficient (Wildman–Crippen LogP) is 1.21. The molecule has 1 aromatic heterocycles. The van der Waals surface area contributed by atoms with Gasteiger partial charge in [0.15, 0.2) is 0 Å². The van der Waals surface area contributed by atoms with Gasteiger partial charge < -0.3 is 9.84 Å². The number of nitrogens with zero attached hydrogens (tertiary/aromatic N) is 4. The van der Waals surface area contributed by atoms with Gasteiger partial charge >= 0.3 is 0 Å². The first-order valence-electron chi connectivity index (χ1n) is 6.27. The fourth-order valence-electron chi connectivity index (χ4n) is 1.80. The van der Waals surface area contributed by atoms with E-state index in [1.807, 2.05) is 19.9 Å². The molecule has 2 rings (SSSR count). The van der Waals surface area contributed by atoms with Crippen molar-refractivity contribution >= 4 is 0 Å². The lowest BCUT2D eigenvalue weighted by atomic mass is 10.2. The summed E-state index contributed by atoms with van der Waals surface area (Å²) in [6, 6.07) is 8.79. The molecule has 0 aliphatic heterocycles. The Bertz CT molecular complexity index is 613. The number of aryl methyl sites for hydroxylation is 2. The number of hydrogen-bond donors (Lipinski definition) is 1. The summed E-state index contributed by atoms with van der Waals surface area (Å²) in [5.41, 5.74) is 0.576. The normalized spacial score (nSPS) is 11.9. The lowest BCUT2D eigenvalue weighted by Gasteiger charge is -2.13. The molecule has 1 atom stereocenters. The van der Waals surface area contributed by atoms with E-state index in [-0.39, 0.29) is 6.61 Å². The number of rotatable bonds is 5. The zero-order valence-electron chi connectivity index (χ0n) is 11.4. The number of aliphatic hydroxyl groups excluding tert-OH is 1. The molecule has 0 radical (unpaired) electrons. The first-order chi connectivity index (χ1) is 9.58. The molecule has 0 bridgehead atoms. The highest BCUT2D eigenvalue weighted by Gasteiger charge is 2.10. The van der Waals surface area contributed by atoms with Crippen molar-refractivity contribution in [2.75, 3.05) is 6.61 Å². The summed E-state index contributed by atoms with van der Waals surface area (Å²) in [6.45, 7) is 4.14. The van der Waals surface area contributed by atoms with E-state index in [0.717, 1.165) is 5.82 Å². The highest BCUT2D eigenvalue weighted by molar-refractivity contribution is 5.34. The number of benzene rings is 1. The van der Waals surface area contributed by atoms with Crippen LogP contribution in [0.15, 0.2) is 24.3 Å². The fraction of sp³-hybridized carbons (Fsp3) is 0.357. The predicted molar refractivity (Wildman–Crippen MR) is 72.2 cm³/mol. The Morgan fingerprint density at radius 3 is 2.60 bits per heavy atom. The zero-order chi connectivity index (χ0) is 14.5. The Kier molecular flexibility index (Phi) is 4.33. The van der Waals surface area contributed by atoms with Gasteiger partial charge in [0.25, 0.3) is 0 Å². The molecule has 0 saturated carbocycles. The zero-order valence-corrected chi connectivity index (χ0v) is 11.4. The van der Waals surface area contributed by atoms with Crippen LogP contribution in [-0.4, -0.2) is 32.6 Å². The minimum Gasteiger partial charge on any atom is -0.491 e. The van der Waals surface area contributed by atoms with Crippen molar-refractivity contribution in [3.05, 3.63) is 41.5 Å². The quantitative estimate of drug-likeness (QED) is 0.884. The van der Waals surface area contributed by atoms with Gasteiger partial charge in [-0.15, -0.1) is 0 Å². The van der Waals surface area contributed by atoms with E-state index in [9.17, 15) is 5.11 Å². The van der Waals surface area contributed by atoms with Crippen molar-refractivity contribution < 1.29 is 9.84 Å². The second-order valence-corrected chi connectivity index (χ2v) is 4.49. The largest absolute Gasteiger partial charge is 0.491 e. The van der Waals surface area contributed by atoms with E-state index in [0.29, 0.717) is 23.7 Å². The Hall–Kier alpha value is -2.39. The van der Waals surface area contributed by atoms with Crippen LogP contribution in [0.1, 0.15) is 17.2 Å². The van der Waals surface area contributed by atoms with E-state index in [2.05, 4.69) is 10.1 Å². The lowest BCUT2D eigenvalue weighted by Crippen LogP contribution is -2.24. The fourth-order valence-corrected chi connectivity index (χ4v) is 1.80. The van der Waals surface area contributed by atoms with Crippen molar-refractivity contribution in [2.45, 2.75) is 26.5 Å². The van der Waals surface area contributed by atoms with Gasteiger partial charge in [0.05, 0.1) is 18.2 Å². The molecule has 0 aliphatic carbocycles. The van der Waals surface area contributed by atoms with Crippen LogP contribution in [0.2, 0.25) is 0 Å². The van der Waals surface area contributed by atoms with Crippen LogP contribution in [0, 0.1) is 25.2 Å². The molecule has 6 nitrogen and oxygen atoms in total. The summed E-state index contributed by atoms with van der Waals surface area (Å²) in [4.78, 5) is 4.17. The van der Waals surface area contributed by atoms with Gasteiger partial charge in [0.1, 0.15) is 30.1 Å². The molecule has 1 aromatic carbocycles. The third-order valence-electron chi connectivity index (χ3n) is 2.77. The Morgan fingerprint density at radius 2 is 2.05 bits per heavy atom. The average molecular weight is 272 g/mol. The first kappa shape index (κ1) is 14.0. The van der Waals surface area contributed by atoms with Gasteiger partial charge in [-0.25, -0.2) is 9.67 Å². The lowest BCUT2D eigenvalue weighted by molar-refractivity contribution is 0.0886. The molecule has 20 heavy (non-hydrogen) atoms. The van der Waals surface area contributed by atoms with Crippen LogP contribution >= 0.6 is 0 Å². The number of hydrogen-bond acceptors (Lipinski definition) is 5. The van der Waals surface area contributed by atoms with Gasteiger partial charge in [-0.2, -0.15) is 10.4 Å². The molecule has 0 fully saturated rings. The number of nitriles is 1. The van der Waals surface area contributed by atoms with Crippen LogP contribution in [-0.2, 0) is 6.54 Å². The standard InChI is InChI=1S/C14H16N4O2/c1-10-16-11(2)18(17-10)8-13(19)9-20-14-5-3-12(7-15)4-6-14/h3-6,13,19H,8-9H2,1-2H3. The van der Waals surface area contributed by atoms with Crippen molar-refractivity contribution in [1.29, 1.82) is 5.26 Å². The molecule has 0 saturated heterocycles. The van der Waals surface area contributed by atoms with Gasteiger partial charge in [0, 0.05) is 0 Å². The minimum absolute atomic E-state index is 0.157. The summed E-state index contributed by atoms with van der Waals surface area (Å²) in [6.07, 6.45) is -0.676. The molecule has 104 valence electrons. The van der Waals surface area contributed by atoms with E-state index in [4.69, 9.17) is 10.00 Å². The molecule has 1 N–H and O–H groups in total. The van der Waals surface area contributed by atoms with Crippen LogP contribution in [0.25, 0.3) is 0 Å². The smallest absolute Gasteiger partial charge is 0.147 e. The highest BCUT2D eigenvalue weighted by Crippen LogP contribution is 2.12. The third-order valence-corrected chi connectivity index (χ3v) is 2.77. The molecule has 0 aliphatic rings. The molecular weight excluding hydrogens is 256 g/mol. The summed E-state index contributed by atoms with van der Waals surface area (Å²) in [7, 11) is 0. The molecule has 6 heteroatoms. The molecule has 0 spiro atoms. The average Bonchev–Trinajstić information content (AvgIpc) is 2.75. The monoisotopic (exact) mass is 272 g/mol. The van der Waals surface area contributed by atoms with E-state index in [1.54, 1.807) is 28.9 Å². The summed E-state index contributed by atoms with van der Waals surface area (Å²) in [5, 5.41) is 22.8. The van der Waals surface area contributed by atoms with Crippen molar-refractivity contribution in [2.24, 2.45) is 0 Å². The molecule has 2 aromatic rings. The summed E-state index contributed by atoms with van der Waals surface area (Å²) >= 11 is 0. The summed E-state index contributed by atoms with van der Waals surface area (Å²) < 4.78 is 7.12.